The van der Waals surface area contributed by atoms with E-state index >= 15 is 0 Å². The highest BCUT2D eigenvalue weighted by Crippen LogP contribution is 2.05. The largest absolute Gasteiger partial charge is 0.466 e. The maximum Gasteiger partial charge on any atom is 0.407 e. The minimum absolute atomic E-state index is 0.0531. The maximum atomic E-state index is 11.2. The summed E-state index contributed by atoms with van der Waals surface area (Å²) in [6.45, 7) is 5.46. The summed E-state index contributed by atoms with van der Waals surface area (Å²) in [6, 6.07) is 0. The quantitative estimate of drug-likeness (QED) is 0.677. The molecule has 1 N–H and O–H groups in total. The average molecular weight is 245 g/mol. The molecule has 98 valence electrons. The van der Waals surface area contributed by atoms with Crippen molar-refractivity contribution in [2.24, 2.45) is 0 Å². The number of rotatable bonds is 7. The summed E-state index contributed by atoms with van der Waals surface area (Å²) < 4.78 is 9.59. The van der Waals surface area contributed by atoms with E-state index in [1.165, 1.54) is 6.92 Å². The molecule has 0 aliphatic rings. The second-order valence-electron chi connectivity index (χ2n) is 3.38. The highest BCUT2D eigenvalue weighted by Gasteiger charge is 2.20. The van der Waals surface area contributed by atoms with Gasteiger partial charge in [-0.3, -0.25) is 9.59 Å². The zero-order chi connectivity index (χ0) is 13.3. The molecule has 0 bridgehead atoms. The van der Waals surface area contributed by atoms with Crippen molar-refractivity contribution in [1.82, 2.24) is 5.32 Å². The number of amides is 1. The molecule has 0 aromatic carbocycles. The number of alkyl carbamates (subject to hydrolysis) is 1. The molecule has 0 heterocycles. The van der Waals surface area contributed by atoms with Crippen LogP contribution in [0, 0.1) is 0 Å². The van der Waals surface area contributed by atoms with Gasteiger partial charge in [-0.1, -0.05) is 0 Å². The number of hydrogen-bond acceptors (Lipinski definition) is 5. The Morgan fingerprint density at radius 2 is 1.88 bits per heavy atom. The van der Waals surface area contributed by atoms with Gasteiger partial charge in [0.05, 0.1) is 6.61 Å². The van der Waals surface area contributed by atoms with Gasteiger partial charge in [-0.05, 0) is 20.8 Å². The normalized spacial score (nSPS) is 11.5. The molecule has 0 radical (unpaired) electrons. The number of ether oxygens (including phenoxy) is 2. The van der Waals surface area contributed by atoms with Gasteiger partial charge < -0.3 is 14.8 Å². The number of esters is 1. The number of nitrogens with one attached hydrogen (secondary N) is 1. The maximum absolute atomic E-state index is 11.2. The molecule has 1 amide bonds. The van der Waals surface area contributed by atoms with E-state index in [4.69, 9.17) is 9.47 Å². The Labute approximate surface area is 101 Å². The Hall–Kier alpha value is -1.59. The summed E-state index contributed by atoms with van der Waals surface area (Å²) in [5.74, 6) is -0.696. The molecular formula is C11H19NO5. The molecule has 0 saturated carbocycles. The minimum Gasteiger partial charge on any atom is -0.466 e. The lowest BCUT2D eigenvalue weighted by molar-refractivity contribution is -0.144. The van der Waals surface area contributed by atoms with E-state index < -0.39 is 18.2 Å². The molecule has 0 saturated heterocycles. The van der Waals surface area contributed by atoms with Crippen LogP contribution in [0.25, 0.3) is 0 Å². The van der Waals surface area contributed by atoms with Gasteiger partial charge in [0, 0.05) is 19.4 Å². The van der Waals surface area contributed by atoms with Crippen LogP contribution in [-0.4, -0.2) is 37.1 Å². The van der Waals surface area contributed by atoms with Crippen molar-refractivity contribution in [3.63, 3.8) is 0 Å². The van der Waals surface area contributed by atoms with Crippen molar-refractivity contribution >= 4 is 17.8 Å². The molecular weight excluding hydrogens is 226 g/mol. The monoisotopic (exact) mass is 245 g/mol. The van der Waals surface area contributed by atoms with E-state index in [1.54, 1.807) is 13.8 Å². The molecule has 0 fully saturated rings. The zero-order valence-electron chi connectivity index (χ0n) is 10.4. The molecule has 17 heavy (non-hydrogen) atoms. The van der Waals surface area contributed by atoms with E-state index in [2.05, 4.69) is 5.32 Å². The third-order valence-corrected chi connectivity index (χ3v) is 1.94. The molecule has 6 nitrogen and oxygen atoms in total. The third kappa shape index (κ3) is 7.32. The number of hydrogen-bond donors (Lipinski definition) is 1. The van der Waals surface area contributed by atoms with Crippen LogP contribution in [0.3, 0.4) is 0 Å². The average Bonchev–Trinajstić information content (AvgIpc) is 2.24. The predicted molar refractivity (Wildman–Crippen MR) is 60.5 cm³/mol. The second kappa shape index (κ2) is 8.55. The van der Waals surface area contributed by atoms with Crippen LogP contribution in [0.1, 0.15) is 33.6 Å². The topological polar surface area (TPSA) is 81.7 Å². The first-order valence-corrected chi connectivity index (χ1v) is 5.61. The van der Waals surface area contributed by atoms with Crippen LogP contribution < -0.4 is 5.32 Å². The van der Waals surface area contributed by atoms with Gasteiger partial charge in [0.2, 0.25) is 0 Å². The highest BCUT2D eigenvalue weighted by molar-refractivity contribution is 5.83. The summed E-state index contributed by atoms with van der Waals surface area (Å²) >= 11 is 0. The van der Waals surface area contributed by atoms with Gasteiger partial charge in [0.1, 0.15) is 0 Å². The first-order valence-electron chi connectivity index (χ1n) is 5.61. The van der Waals surface area contributed by atoms with Crippen molar-refractivity contribution in [2.75, 3.05) is 13.2 Å². The van der Waals surface area contributed by atoms with Crippen molar-refractivity contribution in [3.8, 4) is 0 Å². The Bertz CT molecular complexity index is 277. The Kier molecular flexibility index (Phi) is 7.75. The van der Waals surface area contributed by atoms with E-state index in [-0.39, 0.29) is 18.6 Å². The SMILES string of the molecule is CCNC(=O)OC(CCC(=O)OCC)C(C)=O. The van der Waals surface area contributed by atoms with Crippen molar-refractivity contribution in [1.29, 1.82) is 0 Å². The molecule has 0 aliphatic carbocycles. The molecule has 0 spiro atoms. The van der Waals surface area contributed by atoms with Gasteiger partial charge in [0.15, 0.2) is 11.9 Å². The van der Waals surface area contributed by atoms with Gasteiger partial charge in [0.25, 0.3) is 0 Å². The zero-order valence-corrected chi connectivity index (χ0v) is 10.4. The molecule has 6 heteroatoms. The van der Waals surface area contributed by atoms with Gasteiger partial charge in [-0.2, -0.15) is 0 Å². The minimum atomic E-state index is -0.897. The van der Waals surface area contributed by atoms with Gasteiger partial charge in [-0.15, -0.1) is 0 Å². The lowest BCUT2D eigenvalue weighted by atomic mass is 10.1. The lowest BCUT2D eigenvalue weighted by Gasteiger charge is -2.14. The lowest BCUT2D eigenvalue weighted by Crippen LogP contribution is -2.32. The van der Waals surface area contributed by atoms with Crippen LogP contribution in [0.5, 0.6) is 0 Å². The fourth-order valence-corrected chi connectivity index (χ4v) is 1.14. The summed E-state index contributed by atoms with van der Waals surface area (Å²) in [7, 11) is 0. The predicted octanol–water partition coefficient (Wildman–Crippen LogP) is 1.03. The first kappa shape index (κ1) is 15.4. The van der Waals surface area contributed by atoms with Gasteiger partial charge in [-0.25, -0.2) is 4.79 Å². The first-order chi connectivity index (χ1) is 8.01. The number of carbonyl (C=O) groups is 3. The fraction of sp³-hybridized carbons (Fsp3) is 0.727. The Morgan fingerprint density at radius 3 is 2.35 bits per heavy atom. The second-order valence-corrected chi connectivity index (χ2v) is 3.38. The van der Waals surface area contributed by atoms with Crippen LogP contribution in [0.2, 0.25) is 0 Å². The van der Waals surface area contributed by atoms with Crippen LogP contribution in [-0.2, 0) is 19.1 Å². The van der Waals surface area contributed by atoms with E-state index in [9.17, 15) is 14.4 Å². The summed E-state index contributed by atoms with van der Waals surface area (Å²) in [5.41, 5.74) is 0. The van der Waals surface area contributed by atoms with Crippen molar-refractivity contribution in [2.45, 2.75) is 39.7 Å². The summed E-state index contributed by atoms with van der Waals surface area (Å²) in [6.07, 6.45) is -1.36. The Balaban J connectivity index is 4.11. The summed E-state index contributed by atoms with van der Waals surface area (Å²) in [4.78, 5) is 33.4. The third-order valence-electron chi connectivity index (χ3n) is 1.94. The standard InChI is InChI=1S/C11H19NO5/c1-4-12-11(15)17-9(8(3)13)6-7-10(14)16-5-2/h9H,4-7H2,1-3H3,(H,12,15). The molecule has 0 rings (SSSR count). The molecule has 0 aromatic rings. The van der Waals surface area contributed by atoms with Crippen LogP contribution >= 0.6 is 0 Å². The van der Waals surface area contributed by atoms with Crippen molar-refractivity contribution < 1.29 is 23.9 Å². The molecule has 0 aliphatic heterocycles. The number of Topliss-reactive ketones (excluding diaryl/α,β-unsaturated/α-hetero) is 1. The van der Waals surface area contributed by atoms with Crippen LogP contribution in [0.4, 0.5) is 4.79 Å². The van der Waals surface area contributed by atoms with E-state index in [1.807, 2.05) is 0 Å². The smallest absolute Gasteiger partial charge is 0.407 e. The fourth-order valence-electron chi connectivity index (χ4n) is 1.14. The highest BCUT2D eigenvalue weighted by atomic mass is 16.6. The van der Waals surface area contributed by atoms with E-state index in [0.29, 0.717) is 13.2 Å². The number of ketones is 1. The van der Waals surface area contributed by atoms with Crippen molar-refractivity contribution in [3.05, 3.63) is 0 Å². The summed E-state index contributed by atoms with van der Waals surface area (Å²) in [5, 5.41) is 2.41. The van der Waals surface area contributed by atoms with Crippen LogP contribution in [0.15, 0.2) is 0 Å². The Morgan fingerprint density at radius 1 is 1.24 bits per heavy atom. The van der Waals surface area contributed by atoms with Gasteiger partial charge >= 0.3 is 12.1 Å². The number of carbonyl (C=O) groups excluding carboxylic acids is 3. The molecule has 1 atom stereocenters. The molecule has 0 aromatic heterocycles. The molecule has 1 unspecified atom stereocenters. The van der Waals surface area contributed by atoms with E-state index in [0.717, 1.165) is 0 Å².